The summed E-state index contributed by atoms with van der Waals surface area (Å²) in [4.78, 5) is 0. The molecular weight excluding hydrogens is 360 g/mol. The van der Waals surface area contributed by atoms with E-state index < -0.39 is 0 Å². The van der Waals surface area contributed by atoms with E-state index in [9.17, 15) is 0 Å². The highest BCUT2D eigenvalue weighted by Gasteiger charge is 2.05. The molecule has 4 aromatic carbocycles. The molecule has 0 aliphatic heterocycles. The largest absolute Gasteiger partial charge is 0.0767 e. The van der Waals surface area contributed by atoms with Crippen LogP contribution in [0.5, 0.6) is 0 Å². The molecule has 0 heterocycles. The van der Waals surface area contributed by atoms with E-state index in [1.807, 2.05) is 0 Å². The number of hydrogen-bond donors (Lipinski definition) is 0. The molecule has 4 rings (SSSR count). The molecule has 0 spiro atoms. The van der Waals surface area contributed by atoms with Crippen LogP contribution in [0.4, 0.5) is 0 Å². The first-order valence-electron chi connectivity index (χ1n) is 11.0. The van der Waals surface area contributed by atoms with Gasteiger partial charge in [-0.3, -0.25) is 0 Å². The number of benzene rings is 4. The van der Waals surface area contributed by atoms with Gasteiger partial charge in [0.15, 0.2) is 0 Å². The normalized spacial score (nSPS) is 12.5. The lowest BCUT2D eigenvalue weighted by Gasteiger charge is -2.11. The van der Waals surface area contributed by atoms with Crippen molar-refractivity contribution >= 4 is 16.8 Å². The Morgan fingerprint density at radius 1 is 0.733 bits per heavy atom. The summed E-state index contributed by atoms with van der Waals surface area (Å²) in [5.41, 5.74) is 6.89. The second kappa shape index (κ2) is 9.59. The first-order valence-corrected chi connectivity index (χ1v) is 11.0. The summed E-state index contributed by atoms with van der Waals surface area (Å²) in [6.45, 7) is 4.49. The molecule has 150 valence electrons. The Balaban J connectivity index is 1.45. The Labute approximate surface area is 180 Å². The fourth-order valence-corrected chi connectivity index (χ4v) is 4.23. The molecule has 0 heteroatoms. The van der Waals surface area contributed by atoms with Gasteiger partial charge in [0.1, 0.15) is 0 Å². The van der Waals surface area contributed by atoms with Crippen molar-refractivity contribution < 1.29 is 0 Å². The fraction of sp³-hybridized carbons (Fsp3) is 0.200. The number of fused-ring (bicyclic) bond motifs is 1. The fourth-order valence-electron chi connectivity index (χ4n) is 4.23. The summed E-state index contributed by atoms with van der Waals surface area (Å²) < 4.78 is 0. The molecule has 0 fully saturated rings. The highest BCUT2D eigenvalue weighted by molar-refractivity contribution is 5.93. The van der Waals surface area contributed by atoms with Gasteiger partial charge in [0.05, 0.1) is 0 Å². The van der Waals surface area contributed by atoms with Crippen LogP contribution in [0.2, 0.25) is 0 Å². The molecule has 0 saturated carbocycles. The third kappa shape index (κ3) is 4.89. The van der Waals surface area contributed by atoms with Crippen LogP contribution in [0.15, 0.2) is 97.1 Å². The molecule has 0 radical (unpaired) electrons. The average Bonchev–Trinajstić information content (AvgIpc) is 2.78. The van der Waals surface area contributed by atoms with Crippen molar-refractivity contribution in [1.82, 2.24) is 0 Å². The Hall–Kier alpha value is -3.12. The summed E-state index contributed by atoms with van der Waals surface area (Å²) in [6, 6.07) is 33.0. The number of aryl methyl sites for hydroxylation is 3. The lowest BCUT2D eigenvalue weighted by atomic mass is 9.94. The van der Waals surface area contributed by atoms with Crippen molar-refractivity contribution in [1.29, 1.82) is 0 Å². The van der Waals surface area contributed by atoms with E-state index in [0.29, 0.717) is 5.92 Å². The van der Waals surface area contributed by atoms with Gasteiger partial charge < -0.3 is 0 Å². The summed E-state index contributed by atoms with van der Waals surface area (Å²) >= 11 is 0. The first kappa shape index (κ1) is 20.2. The van der Waals surface area contributed by atoms with E-state index in [0.717, 1.165) is 12.8 Å². The highest BCUT2D eigenvalue weighted by atomic mass is 14.1. The van der Waals surface area contributed by atoms with Crippen molar-refractivity contribution in [2.24, 2.45) is 0 Å². The monoisotopic (exact) mass is 390 g/mol. The summed E-state index contributed by atoms with van der Waals surface area (Å²) in [5, 5.41) is 2.67. The van der Waals surface area contributed by atoms with Crippen LogP contribution in [0.3, 0.4) is 0 Å². The zero-order valence-electron chi connectivity index (χ0n) is 18.0. The van der Waals surface area contributed by atoms with Gasteiger partial charge in [0.2, 0.25) is 0 Å². The summed E-state index contributed by atoms with van der Waals surface area (Å²) in [6.07, 6.45) is 8.09. The van der Waals surface area contributed by atoms with E-state index in [-0.39, 0.29) is 0 Å². The van der Waals surface area contributed by atoms with Gasteiger partial charge in [-0.2, -0.15) is 0 Å². The molecular formula is C30H30. The third-order valence-corrected chi connectivity index (χ3v) is 5.96. The van der Waals surface area contributed by atoms with Crippen LogP contribution in [0.25, 0.3) is 16.8 Å². The lowest BCUT2D eigenvalue weighted by molar-refractivity contribution is 0.817. The molecule has 1 unspecified atom stereocenters. The average molecular weight is 391 g/mol. The number of allylic oxidation sites excluding steroid dienone is 1. The van der Waals surface area contributed by atoms with Crippen LogP contribution in [0, 0.1) is 6.92 Å². The van der Waals surface area contributed by atoms with E-state index in [2.05, 4.69) is 117 Å². The predicted molar refractivity (Wildman–Crippen MR) is 131 cm³/mol. The minimum Gasteiger partial charge on any atom is -0.0767 e. The molecule has 0 bridgehead atoms. The van der Waals surface area contributed by atoms with Crippen LogP contribution in [-0.2, 0) is 12.8 Å². The van der Waals surface area contributed by atoms with E-state index in [1.165, 1.54) is 45.0 Å². The minimum absolute atomic E-state index is 0.387. The van der Waals surface area contributed by atoms with Crippen molar-refractivity contribution in [2.45, 2.75) is 39.0 Å². The van der Waals surface area contributed by atoms with Gasteiger partial charge in [-0.1, -0.05) is 110 Å². The molecule has 0 aliphatic rings. The molecule has 4 aromatic rings. The lowest BCUT2D eigenvalue weighted by Crippen LogP contribution is -1.94. The van der Waals surface area contributed by atoms with Crippen LogP contribution >= 0.6 is 0 Å². The Kier molecular flexibility index (Phi) is 6.44. The molecule has 0 N–H and O–H groups in total. The minimum atomic E-state index is 0.387. The topological polar surface area (TPSA) is 0 Å². The van der Waals surface area contributed by atoms with Gasteiger partial charge in [-0.05, 0) is 70.7 Å². The van der Waals surface area contributed by atoms with Gasteiger partial charge in [0, 0.05) is 0 Å². The smallest absolute Gasteiger partial charge is 0.000700 e. The van der Waals surface area contributed by atoms with Crippen molar-refractivity contribution in [2.75, 3.05) is 0 Å². The SMILES string of the molecule is Cc1cccc2cccc(C=CC(C)c3cccc(CCCc4ccccc4)c3)c12. The zero-order valence-corrected chi connectivity index (χ0v) is 18.0. The van der Waals surface area contributed by atoms with E-state index in [4.69, 9.17) is 0 Å². The van der Waals surface area contributed by atoms with Gasteiger partial charge in [-0.25, -0.2) is 0 Å². The van der Waals surface area contributed by atoms with Crippen molar-refractivity contribution in [3.05, 3.63) is 125 Å². The standard InChI is InChI=1S/C30H30/c1-23(20-21-28-18-9-17-27-16-6-10-24(2)30(27)28)29-19-8-15-26(22-29)14-7-13-25-11-4-3-5-12-25/h3-6,8-12,15-23H,7,13-14H2,1-2H3. The van der Waals surface area contributed by atoms with Crippen LogP contribution in [0.1, 0.15) is 47.1 Å². The highest BCUT2D eigenvalue weighted by Crippen LogP contribution is 2.26. The Morgan fingerprint density at radius 3 is 2.27 bits per heavy atom. The molecule has 0 nitrogen and oxygen atoms in total. The molecule has 1 atom stereocenters. The molecule has 0 saturated heterocycles. The zero-order chi connectivity index (χ0) is 20.8. The van der Waals surface area contributed by atoms with Crippen LogP contribution < -0.4 is 0 Å². The molecule has 30 heavy (non-hydrogen) atoms. The Bertz CT molecular complexity index is 1130. The number of rotatable bonds is 7. The maximum Gasteiger partial charge on any atom is -0.000700 e. The second-order valence-electron chi connectivity index (χ2n) is 8.25. The molecule has 0 aliphatic carbocycles. The predicted octanol–water partition coefficient (Wildman–Crippen LogP) is 8.14. The quantitative estimate of drug-likeness (QED) is 0.299. The Morgan fingerprint density at radius 2 is 1.43 bits per heavy atom. The second-order valence-corrected chi connectivity index (χ2v) is 8.25. The van der Waals surface area contributed by atoms with Gasteiger partial charge in [0.25, 0.3) is 0 Å². The molecule has 0 amide bonds. The van der Waals surface area contributed by atoms with Crippen molar-refractivity contribution in [3.63, 3.8) is 0 Å². The van der Waals surface area contributed by atoms with Crippen molar-refractivity contribution in [3.8, 4) is 0 Å². The first-order chi connectivity index (χ1) is 14.7. The maximum atomic E-state index is 2.38. The summed E-state index contributed by atoms with van der Waals surface area (Å²) in [7, 11) is 0. The van der Waals surface area contributed by atoms with E-state index in [1.54, 1.807) is 0 Å². The van der Waals surface area contributed by atoms with Crippen LogP contribution in [-0.4, -0.2) is 0 Å². The maximum absolute atomic E-state index is 2.38. The molecule has 0 aromatic heterocycles. The van der Waals surface area contributed by atoms with Gasteiger partial charge in [-0.15, -0.1) is 0 Å². The van der Waals surface area contributed by atoms with Gasteiger partial charge >= 0.3 is 0 Å². The summed E-state index contributed by atoms with van der Waals surface area (Å²) in [5.74, 6) is 0.387. The van der Waals surface area contributed by atoms with E-state index >= 15 is 0 Å². The third-order valence-electron chi connectivity index (χ3n) is 5.96. The number of hydrogen-bond acceptors (Lipinski definition) is 0.